The van der Waals surface area contributed by atoms with Crippen molar-refractivity contribution in [1.29, 1.82) is 0 Å². The lowest BCUT2D eigenvalue weighted by Crippen LogP contribution is -2.16. The first-order valence-electron chi connectivity index (χ1n) is 22.9. The van der Waals surface area contributed by atoms with Crippen LogP contribution >= 0.6 is 11.3 Å². The van der Waals surface area contributed by atoms with Gasteiger partial charge in [0.1, 0.15) is 34.4 Å². The van der Waals surface area contributed by atoms with Gasteiger partial charge in [0.05, 0.1) is 26.4 Å². The zero-order valence-electron chi connectivity index (χ0n) is 35.7. The third-order valence-corrected chi connectivity index (χ3v) is 12.8. The van der Waals surface area contributed by atoms with E-state index in [1.54, 1.807) is 0 Å². The Bertz CT molecular complexity index is 1680. The standard InChI is InChI=1S/C46H68N2O10S/c1-3-5-7-9-11-13-15-17-19-21-25-47-33(37-39(35(47)45(49)50)55-29-23-27-53-37)43-41-42(58-32-31-57-41)44(59-43)34-38-40(56-30-24-28-54-38)36(46(51)52)48(34)26-22-20-18-16-14-12-10-8-6-4-2/h3-32H2,1-2H3,(H,49,50)(H,51,52). The van der Waals surface area contributed by atoms with Gasteiger partial charge in [-0.2, -0.15) is 0 Å². The van der Waals surface area contributed by atoms with Crippen molar-refractivity contribution < 1.29 is 48.2 Å². The molecule has 3 aromatic heterocycles. The second kappa shape index (κ2) is 23.1. The lowest BCUT2D eigenvalue weighted by molar-refractivity contribution is 0.0669. The van der Waals surface area contributed by atoms with Crippen molar-refractivity contribution in [2.45, 2.75) is 168 Å². The minimum absolute atomic E-state index is 0.0661. The topological polar surface area (TPSA) is 140 Å². The van der Waals surface area contributed by atoms with Gasteiger partial charge < -0.3 is 47.8 Å². The Morgan fingerprint density at radius 1 is 0.441 bits per heavy atom. The van der Waals surface area contributed by atoms with Crippen LogP contribution in [0.25, 0.3) is 21.1 Å². The van der Waals surface area contributed by atoms with E-state index in [1.807, 2.05) is 9.13 Å². The maximum atomic E-state index is 13.1. The van der Waals surface area contributed by atoms with Crippen LogP contribution in [0.15, 0.2) is 0 Å². The summed E-state index contributed by atoms with van der Waals surface area (Å²) >= 11 is 1.39. The fourth-order valence-electron chi connectivity index (χ4n) is 8.60. The number of ether oxygens (including phenoxy) is 6. The molecule has 0 saturated carbocycles. The molecule has 0 fully saturated rings. The van der Waals surface area contributed by atoms with Crippen molar-refractivity contribution in [1.82, 2.24) is 9.13 Å². The quantitative estimate of drug-likeness (QED) is 0.0751. The monoisotopic (exact) mass is 840 g/mol. The van der Waals surface area contributed by atoms with Crippen molar-refractivity contribution in [3.63, 3.8) is 0 Å². The fraction of sp³-hybridized carbons (Fsp3) is 0.696. The van der Waals surface area contributed by atoms with Crippen LogP contribution in [-0.4, -0.2) is 70.9 Å². The van der Waals surface area contributed by atoms with Crippen molar-refractivity contribution in [3.8, 4) is 55.6 Å². The van der Waals surface area contributed by atoms with Crippen LogP contribution in [0, 0.1) is 0 Å². The first-order valence-corrected chi connectivity index (χ1v) is 23.7. The Morgan fingerprint density at radius 3 is 1.08 bits per heavy atom. The van der Waals surface area contributed by atoms with Gasteiger partial charge in [-0.25, -0.2) is 9.59 Å². The highest BCUT2D eigenvalue weighted by Gasteiger charge is 2.40. The van der Waals surface area contributed by atoms with Gasteiger partial charge in [-0.3, -0.25) is 0 Å². The van der Waals surface area contributed by atoms with E-state index in [2.05, 4.69) is 13.8 Å². The van der Waals surface area contributed by atoms with Crippen LogP contribution in [0.3, 0.4) is 0 Å². The Hall–Kier alpha value is -4.00. The number of hydrogen-bond donors (Lipinski definition) is 2. The summed E-state index contributed by atoms with van der Waals surface area (Å²) in [5, 5.41) is 21.4. The molecule has 0 amide bonds. The predicted molar refractivity (Wildman–Crippen MR) is 231 cm³/mol. The van der Waals surface area contributed by atoms with Crippen LogP contribution in [-0.2, 0) is 13.1 Å². The predicted octanol–water partition coefficient (Wildman–Crippen LogP) is 12.0. The van der Waals surface area contributed by atoms with E-state index in [9.17, 15) is 19.8 Å². The zero-order valence-corrected chi connectivity index (χ0v) is 36.5. The highest BCUT2D eigenvalue weighted by Crippen LogP contribution is 2.60. The van der Waals surface area contributed by atoms with E-state index in [0.29, 0.717) is 110 Å². The smallest absolute Gasteiger partial charge is 0.356 e. The van der Waals surface area contributed by atoms with Crippen LogP contribution in [0.1, 0.15) is 176 Å². The molecule has 0 radical (unpaired) electrons. The minimum atomic E-state index is -1.08. The van der Waals surface area contributed by atoms with Crippen molar-refractivity contribution in [2.75, 3.05) is 39.6 Å². The van der Waals surface area contributed by atoms with Gasteiger partial charge in [-0.05, 0) is 12.8 Å². The van der Waals surface area contributed by atoms with Crippen LogP contribution in [0.4, 0.5) is 0 Å². The summed E-state index contributed by atoms with van der Waals surface area (Å²) in [6, 6.07) is 0. The van der Waals surface area contributed by atoms with E-state index >= 15 is 0 Å². The summed E-state index contributed by atoms with van der Waals surface area (Å²) in [7, 11) is 0. The minimum Gasteiger partial charge on any atom is -0.487 e. The molecule has 0 atom stereocenters. The highest BCUT2D eigenvalue weighted by molar-refractivity contribution is 7.19. The molecular formula is C46H68N2O10S. The molecule has 6 rings (SSSR count). The number of hydrogen-bond acceptors (Lipinski definition) is 9. The molecule has 6 heterocycles. The molecule has 0 unspecified atom stereocenters. The van der Waals surface area contributed by atoms with Gasteiger partial charge in [0.15, 0.2) is 45.9 Å². The number of aromatic nitrogens is 2. The largest absolute Gasteiger partial charge is 0.487 e. The first-order chi connectivity index (χ1) is 29.0. The summed E-state index contributed by atoms with van der Waals surface area (Å²) in [4.78, 5) is 27.5. The average Bonchev–Trinajstić information content (AvgIpc) is 3.67. The van der Waals surface area contributed by atoms with E-state index in [-0.39, 0.29) is 22.9 Å². The number of carboxylic acid groups (broad SMARTS) is 2. The molecule has 0 bridgehead atoms. The molecular weight excluding hydrogens is 773 g/mol. The van der Waals surface area contributed by atoms with E-state index in [4.69, 9.17) is 28.4 Å². The lowest BCUT2D eigenvalue weighted by atomic mass is 10.1. The number of nitrogens with zero attached hydrogens (tertiary/aromatic N) is 2. The lowest BCUT2D eigenvalue weighted by Gasteiger charge is -2.19. The van der Waals surface area contributed by atoms with Gasteiger partial charge >= 0.3 is 11.9 Å². The molecule has 0 saturated heterocycles. The number of thiophene rings is 1. The van der Waals surface area contributed by atoms with E-state index < -0.39 is 11.9 Å². The summed E-state index contributed by atoms with van der Waals surface area (Å²) in [6.45, 7) is 7.44. The average molecular weight is 841 g/mol. The Balaban J connectivity index is 1.34. The molecule has 0 aromatic carbocycles. The number of fused-ring (bicyclic) bond motifs is 3. The summed E-state index contributed by atoms with van der Waals surface area (Å²) < 4.78 is 41.6. The molecule has 3 aromatic rings. The summed E-state index contributed by atoms with van der Waals surface area (Å²) in [5.74, 6) is 0.0565. The van der Waals surface area contributed by atoms with Gasteiger partial charge in [0.2, 0.25) is 0 Å². The van der Waals surface area contributed by atoms with Crippen molar-refractivity contribution >= 4 is 23.3 Å². The third kappa shape index (κ3) is 11.0. The second-order valence-corrected chi connectivity index (χ2v) is 17.2. The molecule has 12 nitrogen and oxygen atoms in total. The first kappa shape index (κ1) is 44.5. The fourth-order valence-corrected chi connectivity index (χ4v) is 9.89. The molecule has 59 heavy (non-hydrogen) atoms. The Labute approximate surface area is 354 Å². The van der Waals surface area contributed by atoms with Crippen LogP contribution in [0.2, 0.25) is 0 Å². The number of aromatic carboxylic acids is 2. The van der Waals surface area contributed by atoms with E-state index in [0.717, 1.165) is 38.5 Å². The van der Waals surface area contributed by atoms with Gasteiger partial charge in [-0.15, -0.1) is 11.3 Å². The van der Waals surface area contributed by atoms with Crippen LogP contribution in [0.5, 0.6) is 34.5 Å². The molecule has 0 spiro atoms. The number of rotatable bonds is 26. The normalized spacial score (nSPS) is 14.6. The van der Waals surface area contributed by atoms with E-state index in [1.165, 1.54) is 101 Å². The third-order valence-electron chi connectivity index (χ3n) is 11.6. The molecule has 0 aliphatic carbocycles. The Kier molecular flexibility index (Phi) is 17.5. The van der Waals surface area contributed by atoms with Crippen molar-refractivity contribution in [3.05, 3.63) is 11.4 Å². The highest BCUT2D eigenvalue weighted by atomic mass is 32.1. The molecule has 13 heteroatoms. The van der Waals surface area contributed by atoms with Crippen molar-refractivity contribution in [2.24, 2.45) is 0 Å². The molecule has 2 N–H and O–H groups in total. The van der Waals surface area contributed by atoms with Gasteiger partial charge in [0, 0.05) is 25.9 Å². The number of carboxylic acids is 2. The Morgan fingerprint density at radius 2 is 0.746 bits per heavy atom. The summed E-state index contributed by atoms with van der Waals surface area (Å²) in [6.07, 6.45) is 24.5. The zero-order chi connectivity index (χ0) is 41.4. The SMILES string of the molecule is CCCCCCCCCCCCn1c(C(=O)O)c2c(c1-c1sc(-c3c4c(c(C(=O)O)n3CCCCCCCCCCCC)OCCCO4)c3c1OCCO3)OCCCO2. The molecule has 3 aliphatic heterocycles. The van der Waals surface area contributed by atoms with Gasteiger partial charge in [-0.1, -0.05) is 129 Å². The summed E-state index contributed by atoms with van der Waals surface area (Å²) in [5.41, 5.74) is 1.30. The molecule has 328 valence electrons. The molecule has 3 aliphatic rings. The number of unbranched alkanes of at least 4 members (excludes halogenated alkanes) is 18. The number of carbonyl (C=O) groups is 2. The second-order valence-electron chi connectivity index (χ2n) is 16.2. The van der Waals surface area contributed by atoms with Crippen LogP contribution < -0.4 is 28.4 Å². The van der Waals surface area contributed by atoms with Gasteiger partial charge in [0.25, 0.3) is 0 Å². The maximum absolute atomic E-state index is 13.1. The maximum Gasteiger partial charge on any atom is 0.356 e.